The number of rotatable bonds is 7. The van der Waals surface area contributed by atoms with Crippen LogP contribution in [0.4, 0.5) is 4.39 Å². The van der Waals surface area contributed by atoms with Crippen LogP contribution < -0.4 is 4.72 Å². The first-order valence-electron chi connectivity index (χ1n) is 10.4. The highest BCUT2D eigenvalue weighted by molar-refractivity contribution is 7.98. The molecule has 0 aliphatic carbocycles. The fraction of sp³-hybridized carbons (Fsp3) is 0.280. The molecule has 2 aromatic carbocycles. The molecule has 1 atom stereocenters. The maximum Gasteiger partial charge on any atom is 0.167 e. The van der Waals surface area contributed by atoms with Gasteiger partial charge in [0.2, 0.25) is 0 Å². The van der Waals surface area contributed by atoms with Gasteiger partial charge in [-0.15, -0.1) is 11.8 Å². The summed E-state index contributed by atoms with van der Waals surface area (Å²) in [5.41, 5.74) is 3.97. The molecule has 0 saturated carbocycles. The zero-order chi connectivity index (χ0) is 22.7. The van der Waals surface area contributed by atoms with E-state index in [-0.39, 0.29) is 16.6 Å². The van der Waals surface area contributed by atoms with E-state index >= 15 is 0 Å². The van der Waals surface area contributed by atoms with Crippen molar-refractivity contribution in [2.24, 2.45) is 0 Å². The van der Waals surface area contributed by atoms with Crippen molar-refractivity contribution in [3.63, 3.8) is 0 Å². The van der Waals surface area contributed by atoms with Crippen LogP contribution >= 0.6 is 23.7 Å². The van der Waals surface area contributed by atoms with Crippen LogP contribution in [0.3, 0.4) is 0 Å². The van der Waals surface area contributed by atoms with E-state index in [2.05, 4.69) is 41.7 Å². The Morgan fingerprint density at radius 1 is 1.03 bits per heavy atom. The molecule has 0 aliphatic rings. The highest BCUT2D eigenvalue weighted by atomic mass is 32.2. The molecular formula is C25H26FN3OS2. The molecule has 0 saturated heterocycles. The second kappa shape index (κ2) is 9.65. The number of hydrogen-bond donors (Lipinski definition) is 1. The lowest BCUT2D eigenvalue weighted by Gasteiger charge is -2.26. The van der Waals surface area contributed by atoms with Crippen LogP contribution in [-0.4, -0.2) is 21.1 Å². The molecule has 2 aromatic heterocycles. The van der Waals surface area contributed by atoms with Crippen molar-refractivity contribution < 1.29 is 8.91 Å². The van der Waals surface area contributed by atoms with Crippen molar-refractivity contribution in [3.05, 3.63) is 77.7 Å². The molecule has 0 bridgehead atoms. The van der Waals surface area contributed by atoms with Gasteiger partial charge in [0.25, 0.3) is 0 Å². The number of para-hydroxylation sites is 1. The summed E-state index contributed by atoms with van der Waals surface area (Å²) in [6.45, 7) is 6.43. The van der Waals surface area contributed by atoms with Crippen molar-refractivity contribution in [2.75, 3.05) is 6.26 Å². The van der Waals surface area contributed by atoms with E-state index < -0.39 is 0 Å². The predicted octanol–water partition coefficient (Wildman–Crippen LogP) is 7.07. The third-order valence-electron chi connectivity index (χ3n) is 4.98. The van der Waals surface area contributed by atoms with Gasteiger partial charge in [-0.1, -0.05) is 53.5 Å². The van der Waals surface area contributed by atoms with Crippen molar-refractivity contribution >= 4 is 34.7 Å². The highest BCUT2D eigenvalue weighted by Crippen LogP contribution is 2.36. The molecule has 4 rings (SSSR count). The molecule has 1 unspecified atom stereocenters. The number of pyridine rings is 1. The normalized spacial score (nSPS) is 12.9. The number of benzene rings is 2. The number of hydrogen-bond acceptors (Lipinski definition) is 6. The molecule has 32 heavy (non-hydrogen) atoms. The molecule has 2 heterocycles. The van der Waals surface area contributed by atoms with Gasteiger partial charge in [0.15, 0.2) is 5.58 Å². The third kappa shape index (κ3) is 5.17. The summed E-state index contributed by atoms with van der Waals surface area (Å²) in [6, 6.07) is 19.0. The van der Waals surface area contributed by atoms with Crippen LogP contribution in [0.25, 0.3) is 22.2 Å². The number of fused-ring (bicyclic) bond motifs is 1. The maximum absolute atomic E-state index is 14.7. The number of thioether (sulfide) groups is 1. The average molecular weight is 468 g/mol. The van der Waals surface area contributed by atoms with Crippen molar-refractivity contribution in [1.82, 2.24) is 14.9 Å². The van der Waals surface area contributed by atoms with Gasteiger partial charge in [-0.2, -0.15) is 0 Å². The van der Waals surface area contributed by atoms with Crippen LogP contribution in [0.15, 0.2) is 70.2 Å². The van der Waals surface area contributed by atoms with Gasteiger partial charge >= 0.3 is 0 Å². The molecule has 166 valence electrons. The summed E-state index contributed by atoms with van der Waals surface area (Å²) < 4.78 is 23.8. The van der Waals surface area contributed by atoms with Gasteiger partial charge < -0.3 is 4.52 Å². The van der Waals surface area contributed by atoms with E-state index in [1.165, 1.54) is 17.8 Å². The Labute approximate surface area is 196 Å². The molecular weight excluding hydrogens is 441 g/mol. The minimum Gasteiger partial charge on any atom is -0.356 e. The van der Waals surface area contributed by atoms with Gasteiger partial charge in [-0.05, 0) is 56.9 Å². The minimum atomic E-state index is -0.292. The smallest absolute Gasteiger partial charge is 0.167 e. The Bertz CT molecular complexity index is 1220. The first-order chi connectivity index (χ1) is 15.4. The summed E-state index contributed by atoms with van der Waals surface area (Å²) in [5, 5.41) is 6.13. The van der Waals surface area contributed by atoms with Crippen LogP contribution in [0.1, 0.15) is 38.1 Å². The zero-order valence-corrected chi connectivity index (χ0v) is 20.2. The predicted molar refractivity (Wildman–Crippen MR) is 132 cm³/mol. The standard InChI is InChI=1S/C25H26FN3OS2/c1-25(2,3)32-29-20(15-21-19(26)13-14-23(27-21)31-4)16-9-5-6-10-17(16)24-18-11-7-8-12-22(18)30-28-24/h5-14,20,29H,15H2,1-4H3. The first kappa shape index (κ1) is 22.8. The van der Waals surface area contributed by atoms with E-state index in [0.717, 1.165) is 32.8 Å². The molecule has 4 aromatic rings. The Morgan fingerprint density at radius 3 is 2.56 bits per heavy atom. The summed E-state index contributed by atoms with van der Waals surface area (Å²) in [7, 11) is 0. The molecule has 0 radical (unpaired) electrons. The van der Waals surface area contributed by atoms with Crippen molar-refractivity contribution in [1.29, 1.82) is 0 Å². The van der Waals surface area contributed by atoms with Gasteiger partial charge in [0, 0.05) is 28.2 Å². The number of nitrogens with zero attached hydrogens (tertiary/aromatic N) is 2. The van der Waals surface area contributed by atoms with Gasteiger partial charge in [0.05, 0.1) is 10.7 Å². The van der Waals surface area contributed by atoms with E-state index in [1.54, 1.807) is 18.0 Å². The summed E-state index contributed by atoms with van der Waals surface area (Å²) >= 11 is 3.14. The van der Waals surface area contributed by atoms with E-state index in [1.807, 2.05) is 48.7 Å². The third-order valence-corrected chi connectivity index (χ3v) is 6.64. The van der Waals surface area contributed by atoms with Gasteiger partial charge in [-0.25, -0.2) is 9.37 Å². The number of nitrogens with one attached hydrogen (secondary N) is 1. The molecule has 1 N–H and O–H groups in total. The second-order valence-corrected chi connectivity index (χ2v) is 11.0. The van der Waals surface area contributed by atoms with Gasteiger partial charge in [0.1, 0.15) is 11.5 Å². The minimum absolute atomic E-state index is 0.0130. The summed E-state index contributed by atoms with van der Waals surface area (Å²) in [4.78, 5) is 4.55. The van der Waals surface area contributed by atoms with Crippen LogP contribution in [0.2, 0.25) is 0 Å². The first-order valence-corrected chi connectivity index (χ1v) is 12.5. The Morgan fingerprint density at radius 2 is 1.78 bits per heavy atom. The summed E-state index contributed by atoms with van der Waals surface area (Å²) in [6.07, 6.45) is 2.36. The van der Waals surface area contributed by atoms with Crippen molar-refractivity contribution in [2.45, 2.75) is 43.0 Å². The average Bonchev–Trinajstić information content (AvgIpc) is 3.21. The monoisotopic (exact) mass is 467 g/mol. The van der Waals surface area contributed by atoms with Crippen LogP contribution in [-0.2, 0) is 6.42 Å². The van der Waals surface area contributed by atoms with E-state index in [0.29, 0.717) is 12.1 Å². The van der Waals surface area contributed by atoms with Gasteiger partial charge in [-0.3, -0.25) is 4.72 Å². The van der Waals surface area contributed by atoms with Crippen LogP contribution in [0, 0.1) is 5.82 Å². The number of aromatic nitrogens is 2. The Hall–Kier alpha value is -2.35. The lowest BCUT2D eigenvalue weighted by Crippen LogP contribution is -2.24. The molecule has 0 aliphatic heterocycles. The van der Waals surface area contributed by atoms with E-state index in [9.17, 15) is 4.39 Å². The molecule has 7 heteroatoms. The SMILES string of the molecule is CSc1ccc(F)c(CC(NSC(C)(C)C)c2ccccc2-c2noc3ccccc23)n1. The number of halogens is 1. The Balaban J connectivity index is 1.78. The quantitative estimate of drug-likeness (QED) is 0.232. The van der Waals surface area contributed by atoms with Crippen LogP contribution in [0.5, 0.6) is 0 Å². The Kier molecular flexibility index (Phi) is 6.88. The molecule has 0 amide bonds. The molecule has 0 fully saturated rings. The van der Waals surface area contributed by atoms with Crippen molar-refractivity contribution in [3.8, 4) is 11.3 Å². The fourth-order valence-corrected chi connectivity index (χ4v) is 4.59. The second-order valence-electron chi connectivity index (χ2n) is 8.49. The largest absolute Gasteiger partial charge is 0.356 e. The zero-order valence-electron chi connectivity index (χ0n) is 18.6. The lowest BCUT2D eigenvalue weighted by atomic mass is 9.94. The van der Waals surface area contributed by atoms with E-state index in [4.69, 9.17) is 4.52 Å². The molecule has 4 nitrogen and oxygen atoms in total. The summed E-state index contributed by atoms with van der Waals surface area (Å²) in [5.74, 6) is -0.292. The maximum atomic E-state index is 14.7. The highest BCUT2D eigenvalue weighted by Gasteiger charge is 2.24. The lowest BCUT2D eigenvalue weighted by molar-refractivity contribution is 0.459. The fourth-order valence-electron chi connectivity index (χ4n) is 3.47. The topological polar surface area (TPSA) is 51.0 Å². The molecule has 0 spiro atoms.